The monoisotopic (exact) mass is 223 g/mol. The molecule has 2 saturated heterocycles. The minimum absolute atomic E-state index is 0.345. The van der Waals surface area contributed by atoms with Crippen molar-refractivity contribution in [2.75, 3.05) is 32.7 Å². The van der Waals surface area contributed by atoms with Crippen LogP contribution in [0.4, 0.5) is 0 Å². The highest BCUT2D eigenvalue weighted by Crippen LogP contribution is 2.23. The Morgan fingerprint density at radius 2 is 1.81 bits per heavy atom. The maximum absolute atomic E-state index is 11.3. The van der Waals surface area contributed by atoms with E-state index in [9.17, 15) is 4.79 Å². The standard InChI is InChI=1S/C13H23N2O/c1-11(16)13-4-8-15(9-5-13)10-12-2-6-14-7-3-12/h12-13H,2-10H2,1H3/q-1. The number of rotatable bonds is 3. The Labute approximate surface area is 98.6 Å². The molecule has 0 aromatic heterocycles. The molecule has 2 heterocycles. The fourth-order valence-electron chi connectivity index (χ4n) is 2.87. The van der Waals surface area contributed by atoms with Gasteiger partial charge in [-0.05, 0) is 38.8 Å². The third-order valence-corrected chi connectivity index (χ3v) is 4.07. The molecule has 0 aromatic rings. The molecular formula is C13H23N2O-. The summed E-state index contributed by atoms with van der Waals surface area (Å²) in [5, 5.41) is 4.39. The predicted octanol–water partition coefficient (Wildman–Crippen LogP) is 2.07. The summed E-state index contributed by atoms with van der Waals surface area (Å²) < 4.78 is 0. The molecule has 2 aliphatic heterocycles. The maximum atomic E-state index is 11.3. The normalized spacial score (nSPS) is 25.8. The van der Waals surface area contributed by atoms with Gasteiger partial charge in [-0.3, -0.25) is 4.79 Å². The van der Waals surface area contributed by atoms with Crippen molar-refractivity contribution in [1.29, 1.82) is 0 Å². The number of ketones is 1. The van der Waals surface area contributed by atoms with E-state index >= 15 is 0 Å². The van der Waals surface area contributed by atoms with Crippen molar-refractivity contribution in [2.45, 2.75) is 32.6 Å². The number of carbonyl (C=O) groups is 1. The number of nitrogens with zero attached hydrogens (tertiary/aromatic N) is 2. The molecule has 0 atom stereocenters. The Balaban J connectivity index is 1.70. The smallest absolute Gasteiger partial charge is 0.133 e. The third-order valence-electron chi connectivity index (χ3n) is 4.07. The summed E-state index contributed by atoms with van der Waals surface area (Å²) in [5.74, 6) is 1.58. The molecule has 0 spiro atoms. The largest absolute Gasteiger partial charge is 0.662 e. The van der Waals surface area contributed by atoms with Gasteiger partial charge in [-0.1, -0.05) is 12.8 Å². The van der Waals surface area contributed by atoms with Crippen molar-refractivity contribution in [1.82, 2.24) is 4.90 Å². The lowest BCUT2D eigenvalue weighted by Crippen LogP contribution is -2.39. The molecule has 2 fully saturated rings. The van der Waals surface area contributed by atoms with Crippen LogP contribution < -0.4 is 0 Å². The van der Waals surface area contributed by atoms with Gasteiger partial charge in [-0.25, -0.2) is 0 Å². The van der Waals surface area contributed by atoms with Gasteiger partial charge in [-0.15, -0.1) is 13.1 Å². The fraction of sp³-hybridized carbons (Fsp3) is 0.923. The van der Waals surface area contributed by atoms with Crippen LogP contribution in [0.25, 0.3) is 5.32 Å². The van der Waals surface area contributed by atoms with Crippen LogP contribution in [-0.4, -0.2) is 43.4 Å². The average Bonchev–Trinajstić information content (AvgIpc) is 2.31. The van der Waals surface area contributed by atoms with Crippen LogP contribution in [-0.2, 0) is 4.79 Å². The zero-order valence-electron chi connectivity index (χ0n) is 10.3. The number of carbonyl (C=O) groups excluding carboxylic acids is 1. The summed E-state index contributed by atoms with van der Waals surface area (Å²) >= 11 is 0. The van der Waals surface area contributed by atoms with E-state index in [-0.39, 0.29) is 0 Å². The van der Waals surface area contributed by atoms with E-state index in [4.69, 9.17) is 0 Å². The summed E-state index contributed by atoms with van der Waals surface area (Å²) in [6.45, 7) is 7.35. The van der Waals surface area contributed by atoms with Crippen molar-refractivity contribution < 1.29 is 4.79 Å². The van der Waals surface area contributed by atoms with Crippen molar-refractivity contribution in [3.63, 3.8) is 0 Å². The van der Waals surface area contributed by atoms with E-state index in [1.807, 2.05) is 0 Å². The van der Waals surface area contributed by atoms with Crippen LogP contribution in [0.5, 0.6) is 0 Å². The first-order valence-electron chi connectivity index (χ1n) is 6.62. The Morgan fingerprint density at radius 1 is 1.19 bits per heavy atom. The molecule has 0 aliphatic carbocycles. The van der Waals surface area contributed by atoms with Crippen LogP contribution >= 0.6 is 0 Å². The molecule has 0 N–H and O–H groups in total. The second kappa shape index (κ2) is 5.78. The number of hydrogen-bond acceptors (Lipinski definition) is 2. The minimum atomic E-state index is 0.345. The quantitative estimate of drug-likeness (QED) is 0.734. The van der Waals surface area contributed by atoms with E-state index < -0.39 is 0 Å². The number of hydrogen-bond donors (Lipinski definition) is 0. The minimum Gasteiger partial charge on any atom is -0.662 e. The molecule has 0 unspecified atom stereocenters. The van der Waals surface area contributed by atoms with Gasteiger partial charge >= 0.3 is 0 Å². The van der Waals surface area contributed by atoms with Crippen molar-refractivity contribution in [3.8, 4) is 0 Å². The number of Topliss-reactive ketones (excluding diaryl/α,β-unsaturated/α-hetero) is 1. The van der Waals surface area contributed by atoms with E-state index in [1.54, 1.807) is 6.92 Å². The van der Waals surface area contributed by atoms with Gasteiger partial charge in [0.15, 0.2) is 0 Å². The van der Waals surface area contributed by atoms with Crippen molar-refractivity contribution in [3.05, 3.63) is 5.32 Å². The molecule has 0 bridgehead atoms. The zero-order chi connectivity index (χ0) is 11.4. The van der Waals surface area contributed by atoms with Gasteiger partial charge in [0.2, 0.25) is 0 Å². The summed E-state index contributed by atoms with van der Waals surface area (Å²) in [6, 6.07) is 0. The second-order valence-electron chi connectivity index (χ2n) is 5.30. The van der Waals surface area contributed by atoms with Crippen LogP contribution in [0, 0.1) is 11.8 Å². The summed E-state index contributed by atoms with van der Waals surface area (Å²) in [5.41, 5.74) is 0. The molecule has 2 aliphatic rings. The Bertz CT molecular complexity index is 228. The lowest BCUT2D eigenvalue weighted by atomic mass is 9.91. The highest BCUT2D eigenvalue weighted by Gasteiger charge is 2.23. The first-order chi connectivity index (χ1) is 7.75. The molecule has 92 valence electrons. The molecule has 3 heteroatoms. The molecule has 0 saturated carbocycles. The van der Waals surface area contributed by atoms with Crippen LogP contribution in [0.1, 0.15) is 32.6 Å². The molecule has 0 amide bonds. The molecule has 16 heavy (non-hydrogen) atoms. The maximum Gasteiger partial charge on any atom is 0.133 e. The van der Waals surface area contributed by atoms with E-state index in [1.165, 1.54) is 19.4 Å². The predicted molar refractivity (Wildman–Crippen MR) is 65.7 cm³/mol. The summed E-state index contributed by atoms with van der Waals surface area (Å²) in [7, 11) is 0. The van der Waals surface area contributed by atoms with Crippen molar-refractivity contribution >= 4 is 5.78 Å². The van der Waals surface area contributed by atoms with Gasteiger partial charge in [0.05, 0.1) is 0 Å². The molecule has 2 rings (SSSR count). The Kier molecular flexibility index (Phi) is 4.36. The second-order valence-corrected chi connectivity index (χ2v) is 5.30. The lowest BCUT2D eigenvalue weighted by molar-refractivity contribution is -0.122. The average molecular weight is 223 g/mol. The SMILES string of the molecule is CC(=O)C1CCN(CC2CC[N-]CC2)CC1. The molecule has 3 nitrogen and oxygen atoms in total. The van der Waals surface area contributed by atoms with Gasteiger partial charge in [0.1, 0.15) is 5.78 Å². The topological polar surface area (TPSA) is 34.4 Å². The molecule has 0 radical (unpaired) electrons. The first-order valence-corrected chi connectivity index (χ1v) is 6.62. The lowest BCUT2D eigenvalue weighted by Gasteiger charge is -2.37. The van der Waals surface area contributed by atoms with Gasteiger partial charge in [-0.2, -0.15) is 0 Å². The molecule has 0 aromatic carbocycles. The van der Waals surface area contributed by atoms with E-state index in [2.05, 4.69) is 10.2 Å². The first kappa shape index (κ1) is 12.1. The van der Waals surface area contributed by atoms with Gasteiger partial charge < -0.3 is 10.2 Å². The zero-order valence-corrected chi connectivity index (χ0v) is 10.3. The summed E-state index contributed by atoms with van der Waals surface area (Å²) in [4.78, 5) is 13.8. The fourth-order valence-corrected chi connectivity index (χ4v) is 2.87. The van der Waals surface area contributed by atoms with Crippen molar-refractivity contribution in [2.24, 2.45) is 11.8 Å². The number of piperidine rings is 2. The molecular weight excluding hydrogens is 200 g/mol. The highest BCUT2D eigenvalue weighted by atomic mass is 16.1. The van der Waals surface area contributed by atoms with Crippen LogP contribution in [0.15, 0.2) is 0 Å². The van der Waals surface area contributed by atoms with E-state index in [0.717, 1.165) is 44.9 Å². The Morgan fingerprint density at radius 3 is 2.38 bits per heavy atom. The third kappa shape index (κ3) is 3.29. The van der Waals surface area contributed by atoms with E-state index in [0.29, 0.717) is 11.7 Å². The van der Waals surface area contributed by atoms with Gasteiger partial charge in [0, 0.05) is 12.5 Å². The van der Waals surface area contributed by atoms with Crippen LogP contribution in [0.2, 0.25) is 0 Å². The summed E-state index contributed by atoms with van der Waals surface area (Å²) in [6.07, 6.45) is 4.69. The van der Waals surface area contributed by atoms with Crippen LogP contribution in [0.3, 0.4) is 0 Å². The highest BCUT2D eigenvalue weighted by molar-refractivity contribution is 5.78. The Hall–Kier alpha value is -0.410. The van der Waals surface area contributed by atoms with Gasteiger partial charge in [0.25, 0.3) is 0 Å². The number of likely N-dealkylation sites (tertiary alicyclic amines) is 1.